The van der Waals surface area contributed by atoms with Crippen molar-refractivity contribution in [2.75, 3.05) is 32.4 Å². The number of hydrogen-bond acceptors (Lipinski definition) is 5. The number of rotatable bonds is 4. The van der Waals surface area contributed by atoms with Crippen LogP contribution in [0.5, 0.6) is 0 Å². The Hall–Kier alpha value is -1.70. The van der Waals surface area contributed by atoms with E-state index in [0.717, 1.165) is 68.5 Å². The number of para-hydroxylation sites is 1. The van der Waals surface area contributed by atoms with Crippen LogP contribution in [0.1, 0.15) is 37.4 Å². The fraction of sp³-hybridized carbons (Fsp3) is 0.550. The van der Waals surface area contributed by atoms with E-state index in [9.17, 15) is 8.42 Å². The van der Waals surface area contributed by atoms with Gasteiger partial charge in [-0.3, -0.25) is 4.68 Å². The minimum Gasteiger partial charge on any atom is -0.317 e. The van der Waals surface area contributed by atoms with E-state index in [1.807, 2.05) is 24.3 Å². The molecule has 1 aromatic heterocycles. The molecule has 0 spiro atoms. The van der Waals surface area contributed by atoms with Gasteiger partial charge in [0, 0.05) is 16.5 Å². The second kappa shape index (κ2) is 7.73. The summed E-state index contributed by atoms with van der Waals surface area (Å²) >= 11 is 0. The Kier molecular flexibility index (Phi) is 5.34. The lowest BCUT2D eigenvalue weighted by Gasteiger charge is -2.24. The summed E-state index contributed by atoms with van der Waals surface area (Å²) in [6.45, 7) is 3.71. The van der Waals surface area contributed by atoms with Gasteiger partial charge in [0.15, 0.2) is 9.84 Å². The number of fused-ring (bicyclic) bond motifs is 1. The summed E-state index contributed by atoms with van der Waals surface area (Å²) in [5, 5.41) is 12.6. The molecular formula is C20H28N4O2S. The predicted octanol–water partition coefficient (Wildman–Crippen LogP) is 2.35. The molecule has 3 heterocycles. The molecule has 2 fully saturated rings. The van der Waals surface area contributed by atoms with Crippen molar-refractivity contribution >= 4 is 26.8 Å². The van der Waals surface area contributed by atoms with E-state index in [4.69, 9.17) is 5.10 Å². The van der Waals surface area contributed by atoms with Crippen LogP contribution in [0.4, 0.5) is 0 Å². The van der Waals surface area contributed by atoms with E-state index >= 15 is 0 Å². The SMILES string of the molecule is CS(=O)(=O)C(=Cc1nn(C2CCNCC2)c2ccccc12)C1CCNCC1. The standard InChI is InChI=1S/C20H28N4O2S/c1-27(25,26)20(15-6-10-21-11-7-15)14-18-17-4-2-3-5-19(17)24(23-18)16-8-12-22-13-9-16/h2-5,14-16,21-22H,6-13H2,1H3. The number of benzene rings is 1. The molecule has 27 heavy (non-hydrogen) atoms. The van der Waals surface area contributed by atoms with Crippen molar-refractivity contribution in [2.45, 2.75) is 31.7 Å². The smallest absolute Gasteiger partial charge is 0.172 e. The molecule has 6 nitrogen and oxygen atoms in total. The second-order valence-corrected chi connectivity index (χ2v) is 9.69. The van der Waals surface area contributed by atoms with Crippen LogP contribution >= 0.6 is 0 Å². The molecule has 4 rings (SSSR count). The second-order valence-electron chi connectivity index (χ2n) is 7.67. The predicted molar refractivity (Wildman–Crippen MR) is 109 cm³/mol. The van der Waals surface area contributed by atoms with Crippen molar-refractivity contribution in [3.63, 3.8) is 0 Å². The summed E-state index contributed by atoms with van der Waals surface area (Å²) in [7, 11) is -3.27. The average molecular weight is 389 g/mol. The van der Waals surface area contributed by atoms with Crippen LogP contribution in [0, 0.1) is 5.92 Å². The summed E-state index contributed by atoms with van der Waals surface area (Å²) in [4.78, 5) is 0.532. The first kappa shape index (κ1) is 18.7. The Morgan fingerprint density at radius 2 is 1.70 bits per heavy atom. The molecule has 0 saturated carbocycles. The Morgan fingerprint density at radius 3 is 2.37 bits per heavy atom. The number of sulfone groups is 1. The molecule has 2 aromatic rings. The summed E-state index contributed by atoms with van der Waals surface area (Å²) in [6, 6.07) is 8.53. The quantitative estimate of drug-likeness (QED) is 0.841. The van der Waals surface area contributed by atoms with Crippen LogP contribution < -0.4 is 10.6 Å². The van der Waals surface area contributed by atoms with Crippen molar-refractivity contribution in [1.82, 2.24) is 20.4 Å². The maximum Gasteiger partial charge on any atom is 0.172 e. The van der Waals surface area contributed by atoms with Crippen LogP contribution in [-0.4, -0.2) is 50.6 Å². The first-order valence-electron chi connectivity index (χ1n) is 9.84. The van der Waals surface area contributed by atoms with Gasteiger partial charge in [0.05, 0.1) is 17.3 Å². The Labute approximate surface area is 160 Å². The van der Waals surface area contributed by atoms with Crippen LogP contribution in [0.15, 0.2) is 29.2 Å². The number of aromatic nitrogens is 2. The van der Waals surface area contributed by atoms with E-state index in [2.05, 4.69) is 21.4 Å². The molecule has 0 radical (unpaired) electrons. The van der Waals surface area contributed by atoms with E-state index in [1.165, 1.54) is 6.26 Å². The lowest BCUT2D eigenvalue weighted by atomic mass is 9.97. The van der Waals surface area contributed by atoms with Gasteiger partial charge in [-0.15, -0.1) is 0 Å². The topological polar surface area (TPSA) is 76.0 Å². The molecule has 0 amide bonds. The molecule has 0 aliphatic carbocycles. The fourth-order valence-electron chi connectivity index (χ4n) is 4.32. The molecule has 2 aliphatic rings. The zero-order chi connectivity index (χ0) is 18.9. The third-order valence-electron chi connectivity index (χ3n) is 5.75. The summed E-state index contributed by atoms with van der Waals surface area (Å²) in [6.07, 6.45) is 6.96. The number of piperidine rings is 2. The van der Waals surface area contributed by atoms with Gasteiger partial charge in [-0.05, 0) is 69.9 Å². The third kappa shape index (κ3) is 3.95. The zero-order valence-corrected chi connectivity index (χ0v) is 16.6. The van der Waals surface area contributed by atoms with Gasteiger partial charge in [0.1, 0.15) is 0 Å². The van der Waals surface area contributed by atoms with Gasteiger partial charge in [-0.25, -0.2) is 8.42 Å². The van der Waals surface area contributed by atoms with Crippen LogP contribution in [0.3, 0.4) is 0 Å². The first-order chi connectivity index (χ1) is 13.0. The van der Waals surface area contributed by atoms with Gasteiger partial charge < -0.3 is 10.6 Å². The zero-order valence-electron chi connectivity index (χ0n) is 15.8. The number of nitrogens with zero attached hydrogens (tertiary/aromatic N) is 2. The number of nitrogens with one attached hydrogen (secondary N) is 2. The summed E-state index contributed by atoms with van der Waals surface area (Å²) in [5.74, 6) is 0.0732. The van der Waals surface area contributed by atoms with Gasteiger partial charge in [0.25, 0.3) is 0 Å². The van der Waals surface area contributed by atoms with Gasteiger partial charge in [0.2, 0.25) is 0 Å². The Morgan fingerprint density at radius 1 is 1.07 bits per heavy atom. The van der Waals surface area contributed by atoms with Crippen molar-refractivity contribution < 1.29 is 8.42 Å². The van der Waals surface area contributed by atoms with Crippen LogP contribution in [0.2, 0.25) is 0 Å². The van der Waals surface area contributed by atoms with Gasteiger partial charge in [-0.2, -0.15) is 5.10 Å². The molecule has 1 aromatic carbocycles. The van der Waals surface area contributed by atoms with E-state index in [1.54, 1.807) is 0 Å². The lowest BCUT2D eigenvalue weighted by Crippen LogP contribution is -2.30. The normalized spacial score (nSPS) is 21.0. The molecule has 0 unspecified atom stereocenters. The van der Waals surface area contributed by atoms with E-state index in [-0.39, 0.29) is 5.92 Å². The van der Waals surface area contributed by atoms with Gasteiger partial charge in [-0.1, -0.05) is 18.2 Å². The van der Waals surface area contributed by atoms with Crippen molar-refractivity contribution in [3.05, 3.63) is 34.9 Å². The minimum absolute atomic E-state index is 0.0732. The molecular weight excluding hydrogens is 360 g/mol. The van der Waals surface area contributed by atoms with Crippen LogP contribution in [0.25, 0.3) is 17.0 Å². The molecule has 2 N–H and O–H groups in total. The molecule has 2 aliphatic heterocycles. The molecule has 0 atom stereocenters. The highest BCUT2D eigenvalue weighted by atomic mass is 32.2. The Bertz CT molecular complexity index is 936. The van der Waals surface area contributed by atoms with E-state index < -0.39 is 9.84 Å². The monoisotopic (exact) mass is 388 g/mol. The fourth-order valence-corrected chi connectivity index (χ4v) is 5.49. The highest BCUT2D eigenvalue weighted by molar-refractivity contribution is 7.94. The first-order valence-corrected chi connectivity index (χ1v) is 11.7. The van der Waals surface area contributed by atoms with Gasteiger partial charge >= 0.3 is 0 Å². The van der Waals surface area contributed by atoms with E-state index in [0.29, 0.717) is 10.9 Å². The third-order valence-corrected chi connectivity index (χ3v) is 7.05. The molecule has 7 heteroatoms. The average Bonchev–Trinajstić information content (AvgIpc) is 3.05. The maximum absolute atomic E-state index is 12.5. The van der Waals surface area contributed by atoms with Crippen LogP contribution in [-0.2, 0) is 9.84 Å². The number of allylic oxidation sites excluding steroid dienone is 1. The largest absolute Gasteiger partial charge is 0.317 e. The Balaban J connectivity index is 1.80. The molecule has 2 saturated heterocycles. The highest BCUT2D eigenvalue weighted by Crippen LogP contribution is 2.31. The lowest BCUT2D eigenvalue weighted by molar-refractivity contribution is 0.351. The number of hydrogen-bond donors (Lipinski definition) is 2. The maximum atomic E-state index is 12.5. The molecule has 146 valence electrons. The minimum atomic E-state index is -3.27. The summed E-state index contributed by atoms with van der Waals surface area (Å²) in [5.41, 5.74) is 1.87. The summed E-state index contributed by atoms with van der Waals surface area (Å²) < 4.78 is 27.2. The van der Waals surface area contributed by atoms with Crippen molar-refractivity contribution in [3.8, 4) is 0 Å². The van der Waals surface area contributed by atoms with Crippen molar-refractivity contribution in [1.29, 1.82) is 0 Å². The molecule has 0 bridgehead atoms. The van der Waals surface area contributed by atoms with Crippen molar-refractivity contribution in [2.24, 2.45) is 5.92 Å². The highest BCUT2D eigenvalue weighted by Gasteiger charge is 2.26.